The van der Waals surface area contributed by atoms with Gasteiger partial charge in [0.2, 0.25) is 0 Å². The Hall–Kier alpha value is -1.13. The van der Waals surface area contributed by atoms with E-state index in [2.05, 4.69) is 11.8 Å². The van der Waals surface area contributed by atoms with Crippen LogP contribution in [0.5, 0.6) is 0 Å². The Balaban J connectivity index is 2.29. The van der Waals surface area contributed by atoms with Crippen molar-refractivity contribution in [3.05, 3.63) is 29.1 Å². The molecule has 0 radical (unpaired) electrons. The molecule has 1 fully saturated rings. The minimum Gasteiger partial charge on any atom is -0.376 e. The number of likely N-dealkylation sites (N-methyl/N-ethyl adjacent to an activating group) is 1. The van der Waals surface area contributed by atoms with Crippen molar-refractivity contribution in [2.75, 3.05) is 24.6 Å². The molecule has 1 aromatic rings. The van der Waals surface area contributed by atoms with Crippen LogP contribution in [0.15, 0.2) is 12.1 Å². The van der Waals surface area contributed by atoms with Crippen LogP contribution in [0, 0.1) is 12.7 Å². The number of benzene rings is 1. The largest absolute Gasteiger partial charge is 0.376 e. The van der Waals surface area contributed by atoms with E-state index in [4.69, 9.17) is 10.5 Å². The normalized spacial score (nSPS) is 20.1. The average Bonchev–Trinajstić information content (AvgIpc) is 2.91. The minimum absolute atomic E-state index is 0.182. The molecule has 0 amide bonds. The third-order valence-electron chi connectivity index (χ3n) is 3.97. The molecule has 20 heavy (non-hydrogen) atoms. The number of nitrogens with zero attached hydrogens (tertiary/aromatic N) is 1. The second-order valence-corrected chi connectivity index (χ2v) is 5.62. The fourth-order valence-electron chi connectivity index (χ4n) is 2.75. The maximum absolute atomic E-state index is 13.8. The van der Waals surface area contributed by atoms with E-state index in [0.29, 0.717) is 5.56 Å². The highest BCUT2D eigenvalue weighted by atomic mass is 19.1. The molecule has 4 heteroatoms. The van der Waals surface area contributed by atoms with Crippen molar-refractivity contribution in [2.24, 2.45) is 5.73 Å². The van der Waals surface area contributed by atoms with Gasteiger partial charge in [0.05, 0.1) is 6.10 Å². The van der Waals surface area contributed by atoms with Crippen LogP contribution in [-0.4, -0.2) is 25.8 Å². The van der Waals surface area contributed by atoms with E-state index in [1.807, 2.05) is 13.0 Å². The van der Waals surface area contributed by atoms with E-state index in [-0.39, 0.29) is 18.0 Å². The van der Waals surface area contributed by atoms with E-state index in [9.17, 15) is 4.39 Å². The van der Waals surface area contributed by atoms with Gasteiger partial charge in [-0.2, -0.15) is 0 Å². The second kappa shape index (κ2) is 6.55. The van der Waals surface area contributed by atoms with Gasteiger partial charge in [0.25, 0.3) is 0 Å². The molecule has 112 valence electrons. The van der Waals surface area contributed by atoms with Gasteiger partial charge < -0.3 is 15.4 Å². The van der Waals surface area contributed by atoms with Crippen LogP contribution in [0.2, 0.25) is 0 Å². The maximum Gasteiger partial charge on any atom is 0.126 e. The fourth-order valence-corrected chi connectivity index (χ4v) is 2.75. The van der Waals surface area contributed by atoms with Gasteiger partial charge in [0.15, 0.2) is 0 Å². The van der Waals surface area contributed by atoms with Crippen molar-refractivity contribution in [3.8, 4) is 0 Å². The van der Waals surface area contributed by atoms with Crippen molar-refractivity contribution in [3.63, 3.8) is 0 Å². The molecule has 1 unspecified atom stereocenters. The molecule has 1 saturated heterocycles. The topological polar surface area (TPSA) is 38.5 Å². The van der Waals surface area contributed by atoms with Crippen LogP contribution in [0.3, 0.4) is 0 Å². The lowest BCUT2D eigenvalue weighted by molar-refractivity contribution is 0.115. The van der Waals surface area contributed by atoms with Crippen molar-refractivity contribution >= 4 is 5.69 Å². The number of halogens is 1. The lowest BCUT2D eigenvalue weighted by atomic mass is 10.0. The molecule has 0 bridgehead atoms. The second-order valence-electron chi connectivity index (χ2n) is 5.62. The zero-order valence-corrected chi connectivity index (χ0v) is 12.7. The first kappa shape index (κ1) is 15.3. The predicted octanol–water partition coefficient (Wildman–Crippen LogP) is 3.16. The first-order valence-electron chi connectivity index (χ1n) is 7.45. The third kappa shape index (κ3) is 3.30. The van der Waals surface area contributed by atoms with Crippen LogP contribution in [0.25, 0.3) is 0 Å². The summed E-state index contributed by atoms with van der Waals surface area (Å²) in [7, 11) is 0. The summed E-state index contributed by atoms with van der Waals surface area (Å²) in [4.78, 5) is 2.25. The maximum atomic E-state index is 13.8. The van der Waals surface area contributed by atoms with E-state index in [0.717, 1.165) is 43.8 Å². The summed E-state index contributed by atoms with van der Waals surface area (Å²) < 4.78 is 19.5. The van der Waals surface area contributed by atoms with Gasteiger partial charge in [-0.25, -0.2) is 4.39 Å². The van der Waals surface area contributed by atoms with Crippen molar-refractivity contribution in [2.45, 2.75) is 45.8 Å². The van der Waals surface area contributed by atoms with E-state index >= 15 is 0 Å². The van der Waals surface area contributed by atoms with Gasteiger partial charge in [-0.3, -0.25) is 0 Å². The molecular weight excluding hydrogens is 255 g/mol. The van der Waals surface area contributed by atoms with Crippen molar-refractivity contribution in [1.82, 2.24) is 0 Å². The summed E-state index contributed by atoms with van der Waals surface area (Å²) in [5.41, 5.74) is 8.58. The molecular formula is C16H25FN2O. The van der Waals surface area contributed by atoms with Crippen molar-refractivity contribution in [1.29, 1.82) is 0 Å². The molecule has 1 heterocycles. The molecule has 1 aliphatic heterocycles. The van der Waals surface area contributed by atoms with Crippen molar-refractivity contribution < 1.29 is 9.13 Å². The molecule has 2 N–H and O–H groups in total. The Morgan fingerprint density at radius 1 is 1.50 bits per heavy atom. The number of anilines is 1. The number of hydrogen-bond donors (Lipinski definition) is 1. The summed E-state index contributed by atoms with van der Waals surface area (Å²) in [5, 5.41) is 0. The number of aryl methyl sites for hydroxylation is 1. The van der Waals surface area contributed by atoms with E-state index in [1.54, 1.807) is 13.0 Å². The van der Waals surface area contributed by atoms with Crippen LogP contribution < -0.4 is 10.6 Å². The molecule has 2 atom stereocenters. The Labute approximate surface area is 120 Å². The number of rotatable bonds is 5. The molecule has 1 aromatic carbocycles. The first-order valence-corrected chi connectivity index (χ1v) is 7.45. The minimum atomic E-state index is -0.186. The van der Waals surface area contributed by atoms with E-state index < -0.39 is 0 Å². The molecule has 1 aliphatic rings. The van der Waals surface area contributed by atoms with Gasteiger partial charge in [-0.1, -0.05) is 0 Å². The molecule has 0 aromatic heterocycles. The predicted molar refractivity (Wildman–Crippen MR) is 80.6 cm³/mol. The molecule has 0 saturated carbocycles. The fraction of sp³-hybridized carbons (Fsp3) is 0.625. The van der Waals surface area contributed by atoms with Gasteiger partial charge in [0.1, 0.15) is 5.82 Å². The number of ether oxygens (including phenoxy) is 1. The Morgan fingerprint density at radius 3 is 2.80 bits per heavy atom. The smallest absolute Gasteiger partial charge is 0.126 e. The summed E-state index contributed by atoms with van der Waals surface area (Å²) >= 11 is 0. The zero-order valence-electron chi connectivity index (χ0n) is 12.7. The summed E-state index contributed by atoms with van der Waals surface area (Å²) in [6.45, 7) is 8.37. The first-order chi connectivity index (χ1) is 9.52. The van der Waals surface area contributed by atoms with Gasteiger partial charge in [-0.05, 0) is 56.9 Å². The standard InChI is InChI=1S/C16H25FN2O/c1-4-19(10-13-6-5-7-20-13)16-8-11(2)15(17)9-14(16)12(3)18/h8-9,12-13H,4-7,10,18H2,1-3H3/t12-,13?/m1/s1. The van der Waals surface area contributed by atoms with Crippen LogP contribution in [0.4, 0.5) is 10.1 Å². The summed E-state index contributed by atoms with van der Waals surface area (Å²) in [6, 6.07) is 3.30. The van der Waals surface area contributed by atoms with Gasteiger partial charge in [-0.15, -0.1) is 0 Å². The summed E-state index contributed by atoms with van der Waals surface area (Å²) in [6.07, 6.45) is 2.51. The highest BCUT2D eigenvalue weighted by Gasteiger charge is 2.21. The Morgan fingerprint density at radius 2 is 2.25 bits per heavy atom. The van der Waals surface area contributed by atoms with Gasteiger partial charge >= 0.3 is 0 Å². The molecule has 3 nitrogen and oxygen atoms in total. The lowest BCUT2D eigenvalue weighted by Crippen LogP contribution is -2.33. The lowest BCUT2D eigenvalue weighted by Gasteiger charge is -2.29. The monoisotopic (exact) mass is 280 g/mol. The zero-order chi connectivity index (χ0) is 14.7. The average molecular weight is 280 g/mol. The van der Waals surface area contributed by atoms with Crippen LogP contribution in [-0.2, 0) is 4.74 Å². The van der Waals surface area contributed by atoms with E-state index in [1.165, 1.54) is 0 Å². The van der Waals surface area contributed by atoms with Crippen LogP contribution >= 0.6 is 0 Å². The quantitative estimate of drug-likeness (QED) is 0.900. The molecule has 0 aliphatic carbocycles. The number of hydrogen-bond acceptors (Lipinski definition) is 3. The Bertz CT molecular complexity index is 456. The molecule has 2 rings (SSSR count). The van der Waals surface area contributed by atoms with Gasteiger partial charge in [0, 0.05) is 31.4 Å². The highest BCUT2D eigenvalue weighted by Crippen LogP contribution is 2.29. The third-order valence-corrected chi connectivity index (χ3v) is 3.97. The number of nitrogens with two attached hydrogens (primary N) is 1. The summed E-state index contributed by atoms with van der Waals surface area (Å²) in [5.74, 6) is -0.186. The molecule has 0 spiro atoms. The Kier molecular flexibility index (Phi) is 5.00. The van der Waals surface area contributed by atoms with Crippen LogP contribution in [0.1, 0.15) is 43.9 Å². The SMILES string of the molecule is CCN(CC1CCCO1)c1cc(C)c(F)cc1[C@@H](C)N. The highest BCUT2D eigenvalue weighted by molar-refractivity contribution is 5.57.